The number of aliphatic hydroxyl groups is 1. The third-order valence-corrected chi connectivity index (χ3v) is 7.18. The van der Waals surface area contributed by atoms with E-state index in [2.05, 4.69) is 0 Å². The van der Waals surface area contributed by atoms with Crippen molar-refractivity contribution < 1.29 is 13.5 Å². The minimum Gasteiger partial charge on any atom is -0.385 e. The van der Waals surface area contributed by atoms with Crippen molar-refractivity contribution in [1.29, 1.82) is 0 Å². The lowest BCUT2D eigenvalue weighted by Crippen LogP contribution is -2.31. The van der Waals surface area contributed by atoms with Crippen molar-refractivity contribution in [2.75, 3.05) is 6.26 Å². The highest BCUT2D eigenvalue weighted by Gasteiger charge is 2.43. The quantitative estimate of drug-likeness (QED) is 0.663. The summed E-state index contributed by atoms with van der Waals surface area (Å²) in [4.78, 5) is 0. The van der Waals surface area contributed by atoms with Crippen molar-refractivity contribution in [3.63, 3.8) is 0 Å². The molecule has 15 heavy (non-hydrogen) atoms. The molecule has 0 spiro atoms. The van der Waals surface area contributed by atoms with Gasteiger partial charge in [0.2, 0.25) is 2.21 Å². The molecule has 0 aliphatic heterocycles. The lowest BCUT2D eigenvalue weighted by atomic mass is 10.1. The van der Waals surface area contributed by atoms with Gasteiger partial charge in [-0.2, -0.15) is 0 Å². The number of rotatable bonds is 3. The predicted octanol–water partition coefficient (Wildman–Crippen LogP) is 2.09. The van der Waals surface area contributed by atoms with E-state index in [1.807, 2.05) is 0 Å². The molecule has 0 aliphatic rings. The van der Waals surface area contributed by atoms with Gasteiger partial charge >= 0.3 is 0 Å². The molecular formula is C9H10ClIO3S. The average Bonchev–Trinajstić information content (AvgIpc) is 2.16. The normalized spacial score (nSPS) is 18.1. The number of sulfone groups is 1. The van der Waals surface area contributed by atoms with E-state index in [4.69, 9.17) is 11.6 Å². The van der Waals surface area contributed by atoms with Gasteiger partial charge in [-0.05, 0) is 28.2 Å². The molecule has 2 atom stereocenters. The molecule has 0 aliphatic carbocycles. The van der Waals surface area contributed by atoms with E-state index in [9.17, 15) is 13.5 Å². The Morgan fingerprint density at radius 3 is 2.27 bits per heavy atom. The summed E-state index contributed by atoms with van der Waals surface area (Å²) in [5, 5.41) is 9.87. The number of hydrogen-bond donors (Lipinski definition) is 1. The van der Waals surface area contributed by atoms with Crippen molar-refractivity contribution in [2.45, 2.75) is 8.32 Å². The van der Waals surface area contributed by atoms with E-state index in [0.29, 0.717) is 5.56 Å². The smallest absolute Gasteiger partial charge is 0.224 e. The van der Waals surface area contributed by atoms with Gasteiger partial charge in [-0.15, -0.1) is 0 Å². The number of alkyl halides is 2. The van der Waals surface area contributed by atoms with E-state index < -0.39 is 18.2 Å². The van der Waals surface area contributed by atoms with Crippen molar-refractivity contribution in [1.82, 2.24) is 0 Å². The zero-order chi connectivity index (χ0) is 11.7. The molecular weight excluding hydrogens is 351 g/mol. The highest BCUT2D eigenvalue weighted by molar-refractivity contribution is 14.1. The first-order valence-electron chi connectivity index (χ1n) is 4.07. The van der Waals surface area contributed by atoms with Gasteiger partial charge in [0.1, 0.15) is 6.10 Å². The Bertz CT molecular complexity index is 430. The lowest BCUT2D eigenvalue weighted by molar-refractivity contribution is 0.188. The molecule has 1 rings (SSSR count). The molecule has 84 valence electrons. The van der Waals surface area contributed by atoms with Gasteiger partial charge < -0.3 is 5.11 Å². The van der Waals surface area contributed by atoms with Crippen LogP contribution in [-0.4, -0.2) is 22.0 Å². The van der Waals surface area contributed by atoms with E-state index in [1.54, 1.807) is 30.3 Å². The van der Waals surface area contributed by atoms with Crippen LogP contribution in [0.4, 0.5) is 0 Å². The molecule has 1 aromatic carbocycles. The summed E-state index contributed by atoms with van der Waals surface area (Å²) in [5.41, 5.74) is 0.479. The van der Waals surface area contributed by atoms with Crippen LogP contribution in [0, 0.1) is 0 Å². The second-order valence-corrected chi connectivity index (χ2v) is 9.23. The van der Waals surface area contributed by atoms with Crippen molar-refractivity contribution >= 4 is 44.0 Å². The average molecular weight is 361 g/mol. The summed E-state index contributed by atoms with van der Waals surface area (Å²) in [6, 6.07) is 8.46. The molecule has 0 heterocycles. The van der Waals surface area contributed by atoms with Crippen LogP contribution in [0.2, 0.25) is 0 Å². The Morgan fingerprint density at radius 1 is 1.40 bits per heavy atom. The van der Waals surface area contributed by atoms with Gasteiger partial charge in [0, 0.05) is 6.26 Å². The van der Waals surface area contributed by atoms with Crippen molar-refractivity contribution in [3.05, 3.63) is 35.9 Å². The summed E-state index contributed by atoms with van der Waals surface area (Å²) in [5.74, 6) is 0. The highest BCUT2D eigenvalue weighted by Crippen LogP contribution is 2.42. The molecule has 0 saturated carbocycles. The van der Waals surface area contributed by atoms with E-state index in [1.165, 1.54) is 22.6 Å². The third kappa shape index (κ3) is 2.83. The van der Waals surface area contributed by atoms with Gasteiger partial charge in [0.05, 0.1) is 0 Å². The fraction of sp³-hybridized carbons (Fsp3) is 0.333. The van der Waals surface area contributed by atoms with Gasteiger partial charge in [-0.3, -0.25) is 0 Å². The molecule has 0 aromatic heterocycles. The molecule has 0 bridgehead atoms. The van der Waals surface area contributed by atoms with Gasteiger partial charge in [0.15, 0.2) is 9.84 Å². The fourth-order valence-corrected chi connectivity index (χ4v) is 2.06. The zero-order valence-electron chi connectivity index (χ0n) is 7.89. The molecule has 3 nitrogen and oxygen atoms in total. The standard InChI is InChI=1S/C9H10ClIO3S/c1-15(13,14)9(10,11)8(12)7-5-3-2-4-6-7/h2-6,8,12H,1H3/t8-,9+/m1/s1. The highest BCUT2D eigenvalue weighted by atomic mass is 127. The molecule has 6 heteroatoms. The maximum Gasteiger partial charge on any atom is 0.224 e. The van der Waals surface area contributed by atoms with Gasteiger partial charge in [-0.1, -0.05) is 41.9 Å². The number of hydrogen-bond acceptors (Lipinski definition) is 3. The Balaban J connectivity index is 3.11. The summed E-state index contributed by atoms with van der Waals surface area (Å²) in [6.45, 7) is 0. The van der Waals surface area contributed by atoms with Crippen LogP contribution in [0.5, 0.6) is 0 Å². The van der Waals surface area contributed by atoms with Crippen LogP contribution in [0.25, 0.3) is 0 Å². The lowest BCUT2D eigenvalue weighted by Gasteiger charge is -2.24. The Hall–Kier alpha value is 0.150. The van der Waals surface area contributed by atoms with E-state index >= 15 is 0 Å². The first-order valence-corrected chi connectivity index (χ1v) is 7.42. The predicted molar refractivity (Wildman–Crippen MR) is 68.8 cm³/mol. The van der Waals surface area contributed by atoms with Crippen LogP contribution in [0.1, 0.15) is 11.7 Å². The van der Waals surface area contributed by atoms with Crippen LogP contribution in [0.15, 0.2) is 30.3 Å². The Morgan fingerprint density at radius 2 is 1.87 bits per heavy atom. The topological polar surface area (TPSA) is 54.4 Å². The maximum atomic E-state index is 11.4. The Labute approximate surface area is 108 Å². The monoisotopic (exact) mass is 360 g/mol. The number of benzene rings is 1. The van der Waals surface area contributed by atoms with Crippen molar-refractivity contribution in [2.24, 2.45) is 0 Å². The van der Waals surface area contributed by atoms with Crippen LogP contribution in [0.3, 0.4) is 0 Å². The summed E-state index contributed by atoms with van der Waals surface area (Å²) in [6.07, 6.45) is -0.255. The first kappa shape index (κ1) is 13.2. The molecule has 0 unspecified atom stereocenters. The van der Waals surface area contributed by atoms with Crippen LogP contribution < -0.4 is 0 Å². The number of halogens is 2. The summed E-state index contributed by atoms with van der Waals surface area (Å²) in [7, 11) is -3.55. The van der Waals surface area contributed by atoms with E-state index in [-0.39, 0.29) is 0 Å². The molecule has 1 N–H and O–H groups in total. The molecule has 1 aromatic rings. The second-order valence-electron chi connectivity index (χ2n) is 3.15. The van der Waals surface area contributed by atoms with Gasteiger partial charge in [-0.25, -0.2) is 8.42 Å². The SMILES string of the molecule is CS(=O)(=O)[C@@](Cl)(I)[C@H](O)c1ccccc1. The third-order valence-electron chi connectivity index (χ3n) is 1.93. The second kappa shape index (κ2) is 4.57. The minimum atomic E-state index is -3.55. The largest absolute Gasteiger partial charge is 0.385 e. The molecule has 0 saturated heterocycles. The maximum absolute atomic E-state index is 11.4. The zero-order valence-corrected chi connectivity index (χ0v) is 11.6. The van der Waals surface area contributed by atoms with Crippen LogP contribution >= 0.6 is 34.2 Å². The molecule has 0 fully saturated rings. The van der Waals surface area contributed by atoms with Crippen molar-refractivity contribution in [3.8, 4) is 0 Å². The minimum absolute atomic E-state index is 0.479. The summed E-state index contributed by atoms with van der Waals surface area (Å²) < 4.78 is 21.0. The first-order chi connectivity index (χ1) is 6.77. The fourth-order valence-electron chi connectivity index (χ4n) is 1.03. The number of aliphatic hydroxyl groups excluding tert-OH is 1. The summed E-state index contributed by atoms with van der Waals surface area (Å²) >= 11 is 7.39. The van der Waals surface area contributed by atoms with Gasteiger partial charge in [0.25, 0.3) is 0 Å². The molecule has 0 radical (unpaired) electrons. The Kier molecular flexibility index (Phi) is 4.02. The van der Waals surface area contributed by atoms with Crippen LogP contribution in [-0.2, 0) is 9.84 Å². The molecule has 0 amide bonds. The van der Waals surface area contributed by atoms with E-state index in [0.717, 1.165) is 6.26 Å².